The van der Waals surface area contributed by atoms with Gasteiger partial charge in [-0.25, -0.2) is 0 Å². The third kappa shape index (κ3) is 2.90. The zero-order valence-corrected chi connectivity index (χ0v) is 9.74. The van der Waals surface area contributed by atoms with Gasteiger partial charge in [0.25, 0.3) is 0 Å². The van der Waals surface area contributed by atoms with Gasteiger partial charge in [0.2, 0.25) is 0 Å². The minimum Gasteiger partial charge on any atom is -0.457 e. The summed E-state index contributed by atoms with van der Waals surface area (Å²) in [7, 11) is 0. The number of nitrogens with two attached hydrogens (primary N) is 2. The van der Waals surface area contributed by atoms with Gasteiger partial charge in [0.1, 0.15) is 17.1 Å². The maximum atomic E-state index is 12.7. The lowest BCUT2D eigenvalue weighted by Gasteiger charge is -2.14. The molecule has 0 aliphatic carbocycles. The predicted molar refractivity (Wildman–Crippen MR) is 66.8 cm³/mol. The van der Waals surface area contributed by atoms with Crippen molar-refractivity contribution in [2.24, 2.45) is 0 Å². The van der Waals surface area contributed by atoms with E-state index in [-0.39, 0.29) is 5.75 Å². The number of para-hydroxylation sites is 1. The second-order valence-corrected chi connectivity index (χ2v) is 3.89. The molecule has 3 nitrogen and oxygen atoms in total. The highest BCUT2D eigenvalue weighted by Crippen LogP contribution is 2.40. The van der Waals surface area contributed by atoms with Crippen molar-refractivity contribution in [1.82, 2.24) is 0 Å². The molecule has 6 heteroatoms. The number of benzene rings is 2. The fraction of sp³-hybridized carbons (Fsp3) is 0.0769. The van der Waals surface area contributed by atoms with E-state index in [1.807, 2.05) is 0 Å². The van der Waals surface area contributed by atoms with Crippen LogP contribution in [0, 0.1) is 0 Å². The van der Waals surface area contributed by atoms with Crippen LogP contribution in [0.15, 0.2) is 42.5 Å². The van der Waals surface area contributed by atoms with Gasteiger partial charge >= 0.3 is 6.18 Å². The van der Waals surface area contributed by atoms with Crippen LogP contribution in [0.25, 0.3) is 0 Å². The van der Waals surface area contributed by atoms with Crippen LogP contribution in [0.3, 0.4) is 0 Å². The molecule has 0 saturated carbocycles. The van der Waals surface area contributed by atoms with E-state index in [1.54, 1.807) is 30.3 Å². The smallest absolute Gasteiger partial charge is 0.420 e. The SMILES string of the molecule is Nc1cc(Oc2ccccc2)cc(N)c1C(F)(F)F. The van der Waals surface area contributed by atoms with E-state index in [4.69, 9.17) is 16.2 Å². The molecule has 0 unspecified atom stereocenters. The number of anilines is 2. The molecule has 0 aromatic heterocycles. The van der Waals surface area contributed by atoms with Gasteiger partial charge in [-0.05, 0) is 12.1 Å². The van der Waals surface area contributed by atoms with E-state index in [1.165, 1.54) is 0 Å². The molecule has 19 heavy (non-hydrogen) atoms. The Morgan fingerprint density at radius 1 is 0.842 bits per heavy atom. The van der Waals surface area contributed by atoms with E-state index in [0.29, 0.717) is 5.75 Å². The first-order valence-electron chi connectivity index (χ1n) is 5.37. The van der Waals surface area contributed by atoms with Crippen LogP contribution in [0.2, 0.25) is 0 Å². The minimum atomic E-state index is -4.58. The van der Waals surface area contributed by atoms with Crippen LogP contribution >= 0.6 is 0 Å². The van der Waals surface area contributed by atoms with E-state index >= 15 is 0 Å². The summed E-state index contributed by atoms with van der Waals surface area (Å²) >= 11 is 0. The van der Waals surface area contributed by atoms with E-state index in [2.05, 4.69) is 0 Å². The summed E-state index contributed by atoms with van der Waals surface area (Å²) in [5.41, 5.74) is 8.81. The van der Waals surface area contributed by atoms with Crippen LogP contribution in [-0.2, 0) is 6.18 Å². The summed E-state index contributed by atoms with van der Waals surface area (Å²) in [5, 5.41) is 0. The molecule has 2 aromatic rings. The highest BCUT2D eigenvalue weighted by atomic mass is 19.4. The zero-order valence-electron chi connectivity index (χ0n) is 9.74. The molecule has 0 atom stereocenters. The maximum absolute atomic E-state index is 12.7. The van der Waals surface area contributed by atoms with Crippen LogP contribution in [-0.4, -0.2) is 0 Å². The molecular weight excluding hydrogens is 257 g/mol. The number of nitrogen functional groups attached to an aromatic ring is 2. The topological polar surface area (TPSA) is 61.3 Å². The fourth-order valence-corrected chi connectivity index (χ4v) is 1.67. The van der Waals surface area contributed by atoms with E-state index in [9.17, 15) is 13.2 Å². The number of hydrogen-bond acceptors (Lipinski definition) is 3. The Balaban J connectivity index is 2.36. The summed E-state index contributed by atoms with van der Waals surface area (Å²) in [6, 6.07) is 10.8. The molecule has 0 aliphatic rings. The number of halogens is 3. The molecule has 2 aromatic carbocycles. The number of ether oxygens (including phenoxy) is 1. The van der Waals surface area contributed by atoms with Crippen LogP contribution in [0.5, 0.6) is 11.5 Å². The molecule has 2 rings (SSSR count). The Labute approximate surface area is 107 Å². The lowest BCUT2D eigenvalue weighted by atomic mass is 10.1. The average Bonchev–Trinajstić information content (AvgIpc) is 2.27. The van der Waals surface area contributed by atoms with Crippen LogP contribution in [0.1, 0.15) is 5.56 Å². The maximum Gasteiger partial charge on any atom is 0.420 e. The first-order chi connectivity index (χ1) is 8.88. The highest BCUT2D eigenvalue weighted by molar-refractivity contribution is 5.66. The molecule has 0 spiro atoms. The normalized spacial score (nSPS) is 11.3. The lowest BCUT2D eigenvalue weighted by molar-refractivity contribution is -0.136. The molecule has 100 valence electrons. The van der Waals surface area contributed by atoms with Crippen molar-refractivity contribution in [1.29, 1.82) is 0 Å². The molecule has 0 saturated heterocycles. The number of hydrogen-bond donors (Lipinski definition) is 2. The summed E-state index contributed by atoms with van der Waals surface area (Å²) in [6.45, 7) is 0. The Morgan fingerprint density at radius 2 is 1.37 bits per heavy atom. The molecule has 0 amide bonds. The summed E-state index contributed by atoms with van der Waals surface area (Å²) in [4.78, 5) is 0. The standard InChI is InChI=1S/C13H11F3N2O/c14-13(15,16)12-10(17)6-9(7-11(12)18)19-8-4-2-1-3-5-8/h1-7H,17-18H2. The molecule has 0 heterocycles. The van der Waals surface area contributed by atoms with Crippen molar-refractivity contribution < 1.29 is 17.9 Å². The molecule has 0 bridgehead atoms. The van der Waals surface area contributed by atoms with Gasteiger partial charge in [-0.15, -0.1) is 0 Å². The number of alkyl halides is 3. The largest absolute Gasteiger partial charge is 0.457 e. The van der Waals surface area contributed by atoms with Gasteiger partial charge in [0.05, 0.1) is 0 Å². The highest BCUT2D eigenvalue weighted by Gasteiger charge is 2.35. The van der Waals surface area contributed by atoms with Crippen molar-refractivity contribution in [3.05, 3.63) is 48.0 Å². The fourth-order valence-electron chi connectivity index (χ4n) is 1.67. The first-order valence-corrected chi connectivity index (χ1v) is 5.37. The molecular formula is C13H11F3N2O. The van der Waals surface area contributed by atoms with Gasteiger partial charge in [0, 0.05) is 23.5 Å². The second kappa shape index (κ2) is 4.72. The number of rotatable bonds is 2. The van der Waals surface area contributed by atoms with Crippen molar-refractivity contribution in [3.63, 3.8) is 0 Å². The third-order valence-corrected chi connectivity index (χ3v) is 2.44. The molecule has 4 N–H and O–H groups in total. The van der Waals surface area contributed by atoms with Gasteiger partial charge in [-0.2, -0.15) is 13.2 Å². The van der Waals surface area contributed by atoms with Gasteiger partial charge in [0.15, 0.2) is 0 Å². The van der Waals surface area contributed by atoms with Crippen molar-refractivity contribution in [2.45, 2.75) is 6.18 Å². The lowest BCUT2D eigenvalue weighted by Crippen LogP contribution is -2.12. The Morgan fingerprint density at radius 3 is 1.84 bits per heavy atom. The quantitative estimate of drug-likeness (QED) is 0.817. The Bertz CT molecular complexity index is 559. The average molecular weight is 268 g/mol. The van der Waals surface area contributed by atoms with E-state index < -0.39 is 23.1 Å². The second-order valence-electron chi connectivity index (χ2n) is 3.89. The van der Waals surface area contributed by atoms with Crippen LogP contribution in [0.4, 0.5) is 24.5 Å². The minimum absolute atomic E-state index is 0.161. The van der Waals surface area contributed by atoms with Crippen LogP contribution < -0.4 is 16.2 Å². The summed E-state index contributed by atoms with van der Waals surface area (Å²) in [6.07, 6.45) is -4.58. The van der Waals surface area contributed by atoms with E-state index in [0.717, 1.165) is 12.1 Å². The van der Waals surface area contributed by atoms with Crippen molar-refractivity contribution >= 4 is 11.4 Å². The summed E-state index contributed by atoms with van der Waals surface area (Å²) < 4.78 is 43.4. The molecule has 0 aliphatic heterocycles. The monoisotopic (exact) mass is 268 g/mol. The van der Waals surface area contributed by atoms with Crippen molar-refractivity contribution in [2.75, 3.05) is 11.5 Å². The summed E-state index contributed by atoms with van der Waals surface area (Å²) in [5.74, 6) is 0.648. The Kier molecular flexibility index (Phi) is 3.25. The molecule has 0 fully saturated rings. The zero-order chi connectivity index (χ0) is 14.0. The first kappa shape index (κ1) is 13.1. The van der Waals surface area contributed by atoms with Crippen molar-refractivity contribution in [3.8, 4) is 11.5 Å². The van der Waals surface area contributed by atoms with Gasteiger partial charge in [-0.1, -0.05) is 18.2 Å². The Hall–Kier alpha value is -2.37. The third-order valence-electron chi connectivity index (χ3n) is 2.44. The predicted octanol–water partition coefficient (Wildman–Crippen LogP) is 3.66. The molecule has 0 radical (unpaired) electrons. The van der Waals surface area contributed by atoms with Gasteiger partial charge in [-0.3, -0.25) is 0 Å². The van der Waals surface area contributed by atoms with Gasteiger partial charge < -0.3 is 16.2 Å².